The van der Waals surface area contributed by atoms with Gasteiger partial charge in [0.25, 0.3) is 5.91 Å². The molecule has 4 N–H and O–H groups in total. The van der Waals surface area contributed by atoms with E-state index in [2.05, 4.69) is 27.0 Å². The molecule has 1 amide bonds. The zero-order valence-corrected chi connectivity index (χ0v) is 13.4. The fraction of sp³-hybridized carbons (Fsp3) is 0.375. The molecule has 1 fully saturated rings. The van der Waals surface area contributed by atoms with E-state index in [-0.39, 0.29) is 5.69 Å². The van der Waals surface area contributed by atoms with Gasteiger partial charge >= 0.3 is 5.69 Å². The van der Waals surface area contributed by atoms with Gasteiger partial charge in [0.2, 0.25) is 0 Å². The SMILES string of the molecule is NC(=O)c1[nH]c(=O)[nH]c1CN1CCC(c2ccc(Cl)cc2)CC1. The molecule has 0 spiro atoms. The summed E-state index contributed by atoms with van der Waals surface area (Å²) in [6.07, 6.45) is 2.06. The van der Waals surface area contributed by atoms with E-state index in [1.54, 1.807) is 0 Å². The first-order chi connectivity index (χ1) is 11.0. The molecule has 0 radical (unpaired) electrons. The molecule has 1 saturated heterocycles. The molecule has 1 aromatic carbocycles. The number of rotatable bonds is 4. The number of aromatic amines is 2. The van der Waals surface area contributed by atoms with Crippen molar-refractivity contribution in [3.05, 3.63) is 56.7 Å². The third kappa shape index (κ3) is 3.65. The van der Waals surface area contributed by atoms with Gasteiger partial charge in [0.15, 0.2) is 0 Å². The standard InChI is InChI=1S/C16H19ClN4O2/c17-12-3-1-10(2-4-12)11-5-7-21(8-6-11)9-13-14(15(18)22)20-16(23)19-13/h1-4,11H,5-9H2,(H2,18,22)(H2,19,20,23). The molecule has 0 saturated carbocycles. The van der Waals surface area contributed by atoms with Crippen molar-refractivity contribution >= 4 is 17.5 Å². The van der Waals surface area contributed by atoms with Crippen LogP contribution in [-0.2, 0) is 6.54 Å². The Hall–Kier alpha value is -2.05. The molecule has 0 aliphatic carbocycles. The lowest BCUT2D eigenvalue weighted by Gasteiger charge is -2.32. The number of nitrogens with zero attached hydrogens (tertiary/aromatic N) is 1. The highest BCUT2D eigenvalue weighted by Gasteiger charge is 2.22. The zero-order valence-electron chi connectivity index (χ0n) is 12.6. The van der Waals surface area contributed by atoms with Crippen molar-refractivity contribution in [3.63, 3.8) is 0 Å². The first-order valence-corrected chi connectivity index (χ1v) is 7.99. The zero-order chi connectivity index (χ0) is 16.4. The molecule has 23 heavy (non-hydrogen) atoms. The van der Waals surface area contributed by atoms with E-state index in [4.69, 9.17) is 17.3 Å². The number of imidazole rings is 1. The highest BCUT2D eigenvalue weighted by molar-refractivity contribution is 6.30. The lowest BCUT2D eigenvalue weighted by atomic mass is 9.89. The van der Waals surface area contributed by atoms with Crippen molar-refractivity contribution in [2.75, 3.05) is 13.1 Å². The third-order valence-corrected chi connectivity index (χ3v) is 4.61. The Labute approximate surface area is 138 Å². The van der Waals surface area contributed by atoms with E-state index in [0.29, 0.717) is 18.2 Å². The molecule has 3 rings (SSSR count). The fourth-order valence-corrected chi connectivity index (χ4v) is 3.26. The van der Waals surface area contributed by atoms with Gasteiger partial charge in [-0.3, -0.25) is 9.69 Å². The van der Waals surface area contributed by atoms with Crippen LogP contribution in [0.3, 0.4) is 0 Å². The van der Waals surface area contributed by atoms with E-state index in [9.17, 15) is 9.59 Å². The van der Waals surface area contributed by atoms with Crippen LogP contribution in [-0.4, -0.2) is 33.9 Å². The summed E-state index contributed by atoms with van der Waals surface area (Å²) in [5.41, 5.74) is 6.93. The van der Waals surface area contributed by atoms with Gasteiger partial charge in [0, 0.05) is 11.6 Å². The number of likely N-dealkylation sites (tertiary alicyclic amines) is 1. The summed E-state index contributed by atoms with van der Waals surface area (Å²) in [7, 11) is 0. The minimum absolute atomic E-state index is 0.176. The molecule has 0 bridgehead atoms. The highest BCUT2D eigenvalue weighted by Crippen LogP contribution is 2.29. The van der Waals surface area contributed by atoms with Gasteiger partial charge in [0.05, 0.1) is 5.69 Å². The Bertz CT molecular complexity index is 742. The van der Waals surface area contributed by atoms with Gasteiger partial charge in [-0.05, 0) is 49.5 Å². The van der Waals surface area contributed by atoms with E-state index >= 15 is 0 Å². The normalized spacial score (nSPS) is 16.6. The Balaban J connectivity index is 1.62. The maximum Gasteiger partial charge on any atom is 0.323 e. The second kappa shape index (κ2) is 6.60. The first kappa shape index (κ1) is 15.8. The Kier molecular flexibility index (Phi) is 4.54. The number of piperidine rings is 1. The summed E-state index contributed by atoms with van der Waals surface area (Å²) in [5.74, 6) is -0.0983. The number of H-pyrrole nitrogens is 2. The van der Waals surface area contributed by atoms with Crippen molar-refractivity contribution in [1.29, 1.82) is 0 Å². The lowest BCUT2D eigenvalue weighted by molar-refractivity contribution is 0.0993. The van der Waals surface area contributed by atoms with E-state index in [1.165, 1.54) is 5.56 Å². The van der Waals surface area contributed by atoms with E-state index < -0.39 is 11.6 Å². The molecule has 6 nitrogen and oxygen atoms in total. The smallest absolute Gasteiger partial charge is 0.323 e. The first-order valence-electron chi connectivity index (χ1n) is 7.61. The van der Waals surface area contributed by atoms with Crippen LogP contribution in [0.1, 0.15) is 40.5 Å². The number of benzene rings is 1. The molecule has 1 aromatic heterocycles. The highest BCUT2D eigenvalue weighted by atomic mass is 35.5. The summed E-state index contributed by atoms with van der Waals surface area (Å²) >= 11 is 5.93. The summed E-state index contributed by atoms with van der Waals surface area (Å²) in [5, 5.41) is 0.751. The maximum absolute atomic E-state index is 11.4. The number of hydrogen-bond acceptors (Lipinski definition) is 3. The van der Waals surface area contributed by atoms with Gasteiger partial charge in [0.1, 0.15) is 5.69 Å². The molecule has 2 aromatic rings. The van der Waals surface area contributed by atoms with Gasteiger partial charge in [-0.25, -0.2) is 4.79 Å². The van der Waals surface area contributed by atoms with Gasteiger partial charge in [-0.1, -0.05) is 23.7 Å². The average molecular weight is 335 g/mol. The quantitative estimate of drug-likeness (QED) is 0.796. The summed E-state index contributed by atoms with van der Waals surface area (Å²) in [6.45, 7) is 2.32. The molecule has 7 heteroatoms. The summed E-state index contributed by atoms with van der Waals surface area (Å²) in [6, 6.07) is 8.01. The van der Waals surface area contributed by atoms with Crippen LogP contribution in [0.25, 0.3) is 0 Å². The van der Waals surface area contributed by atoms with Crippen molar-refractivity contribution in [2.45, 2.75) is 25.3 Å². The summed E-state index contributed by atoms with van der Waals surface area (Å²) < 4.78 is 0. The number of primary amides is 1. The van der Waals surface area contributed by atoms with E-state index in [1.807, 2.05) is 12.1 Å². The second-order valence-corrected chi connectivity index (χ2v) is 6.34. The van der Waals surface area contributed by atoms with Crippen molar-refractivity contribution in [3.8, 4) is 0 Å². The minimum Gasteiger partial charge on any atom is -0.364 e. The monoisotopic (exact) mass is 334 g/mol. The Morgan fingerprint density at radius 2 is 1.87 bits per heavy atom. The fourth-order valence-electron chi connectivity index (χ4n) is 3.13. The average Bonchev–Trinajstić information content (AvgIpc) is 2.90. The van der Waals surface area contributed by atoms with Crippen LogP contribution in [0, 0.1) is 0 Å². The molecular formula is C16H19ClN4O2. The summed E-state index contributed by atoms with van der Waals surface area (Å²) in [4.78, 5) is 30.0. The largest absolute Gasteiger partial charge is 0.364 e. The molecule has 2 heterocycles. The minimum atomic E-state index is -0.616. The molecule has 1 aliphatic rings. The predicted octanol–water partition coefficient (Wildman–Crippen LogP) is 1.83. The molecular weight excluding hydrogens is 316 g/mol. The number of amides is 1. The number of aromatic nitrogens is 2. The lowest BCUT2D eigenvalue weighted by Crippen LogP contribution is -2.33. The molecule has 0 unspecified atom stereocenters. The number of nitrogens with two attached hydrogens (primary N) is 1. The van der Waals surface area contributed by atoms with Gasteiger partial charge in [-0.15, -0.1) is 0 Å². The van der Waals surface area contributed by atoms with Crippen molar-refractivity contribution in [1.82, 2.24) is 14.9 Å². The molecule has 1 aliphatic heterocycles. The molecule has 122 valence electrons. The van der Waals surface area contributed by atoms with Crippen LogP contribution in [0.15, 0.2) is 29.1 Å². The van der Waals surface area contributed by atoms with E-state index in [0.717, 1.165) is 31.0 Å². The van der Waals surface area contributed by atoms with Crippen molar-refractivity contribution < 1.29 is 4.79 Å². The van der Waals surface area contributed by atoms with Crippen LogP contribution >= 0.6 is 11.6 Å². The van der Waals surface area contributed by atoms with Crippen LogP contribution in [0.2, 0.25) is 5.02 Å². The Morgan fingerprint density at radius 1 is 1.22 bits per heavy atom. The maximum atomic E-state index is 11.4. The second-order valence-electron chi connectivity index (χ2n) is 5.90. The molecule has 0 atom stereocenters. The number of hydrogen-bond donors (Lipinski definition) is 3. The third-order valence-electron chi connectivity index (χ3n) is 4.36. The Morgan fingerprint density at radius 3 is 2.48 bits per heavy atom. The van der Waals surface area contributed by atoms with Gasteiger partial charge < -0.3 is 15.7 Å². The number of halogens is 1. The topological polar surface area (TPSA) is 95.0 Å². The van der Waals surface area contributed by atoms with Crippen LogP contribution < -0.4 is 11.4 Å². The van der Waals surface area contributed by atoms with Gasteiger partial charge in [-0.2, -0.15) is 0 Å². The number of nitrogens with one attached hydrogen (secondary N) is 2. The van der Waals surface area contributed by atoms with Crippen molar-refractivity contribution in [2.24, 2.45) is 5.73 Å². The number of carbonyl (C=O) groups is 1. The van der Waals surface area contributed by atoms with Crippen LogP contribution in [0.5, 0.6) is 0 Å². The van der Waals surface area contributed by atoms with Crippen LogP contribution in [0.4, 0.5) is 0 Å². The number of carbonyl (C=O) groups excluding carboxylic acids is 1. The predicted molar refractivity (Wildman–Crippen MR) is 88.6 cm³/mol.